The second-order valence-corrected chi connectivity index (χ2v) is 8.24. The lowest BCUT2D eigenvalue weighted by atomic mass is 9.91. The molecular formula is C23H21F2N3OS. The zero-order valence-electron chi connectivity index (χ0n) is 16.9. The van der Waals surface area contributed by atoms with Crippen LogP contribution in [0.25, 0.3) is 11.1 Å². The molecule has 0 aliphatic carbocycles. The maximum atomic E-state index is 15.0. The Morgan fingerprint density at radius 2 is 1.83 bits per heavy atom. The molecule has 1 atom stereocenters. The average molecular weight is 426 g/mol. The first-order valence-corrected chi connectivity index (χ1v) is 10.6. The lowest BCUT2D eigenvalue weighted by Crippen LogP contribution is -2.17. The number of pyridine rings is 1. The summed E-state index contributed by atoms with van der Waals surface area (Å²) >= 11 is 1.40. The summed E-state index contributed by atoms with van der Waals surface area (Å²) in [5.41, 5.74) is 4.47. The highest BCUT2D eigenvalue weighted by molar-refractivity contribution is 8.00. The van der Waals surface area contributed by atoms with Gasteiger partial charge in [0.25, 0.3) is 5.56 Å². The maximum absolute atomic E-state index is 15.0. The van der Waals surface area contributed by atoms with E-state index in [1.54, 1.807) is 37.5 Å². The lowest BCUT2D eigenvalue weighted by molar-refractivity contribution is 0.627. The van der Waals surface area contributed by atoms with E-state index in [-0.39, 0.29) is 17.4 Å². The molecule has 1 N–H and O–H groups in total. The fourth-order valence-corrected chi connectivity index (χ4v) is 4.06. The van der Waals surface area contributed by atoms with E-state index in [1.165, 1.54) is 34.7 Å². The Hall–Kier alpha value is -2.93. The Labute approximate surface area is 177 Å². The molecule has 4 nitrogen and oxygen atoms in total. The summed E-state index contributed by atoms with van der Waals surface area (Å²) in [6, 6.07) is 10.5. The van der Waals surface area contributed by atoms with Gasteiger partial charge in [-0.05, 0) is 54.4 Å². The molecule has 1 aromatic heterocycles. The summed E-state index contributed by atoms with van der Waals surface area (Å²) in [4.78, 5) is 17.1. The molecule has 0 saturated heterocycles. The zero-order valence-corrected chi connectivity index (χ0v) is 17.7. The highest BCUT2D eigenvalue weighted by atomic mass is 32.2. The SMILES string of the molecule is CCSNc1cc2c(cc1F)C(c1ccc(F)cc1)=N[C@@H](C)c1cc(=O)n(C)cc1-2. The molecule has 7 heteroatoms. The van der Waals surface area contributed by atoms with Crippen molar-refractivity contribution in [2.24, 2.45) is 12.0 Å². The first-order chi connectivity index (χ1) is 14.4. The lowest BCUT2D eigenvalue weighted by Gasteiger charge is -2.16. The minimum absolute atomic E-state index is 0.135. The Balaban J connectivity index is 2.02. The van der Waals surface area contributed by atoms with Gasteiger partial charge in [0.05, 0.1) is 17.4 Å². The molecule has 1 aliphatic rings. The molecule has 0 radical (unpaired) electrons. The third kappa shape index (κ3) is 3.65. The topological polar surface area (TPSA) is 46.4 Å². The van der Waals surface area contributed by atoms with E-state index in [2.05, 4.69) is 4.72 Å². The molecule has 1 aliphatic heterocycles. The number of fused-ring (bicyclic) bond motifs is 3. The van der Waals surface area contributed by atoms with E-state index in [1.807, 2.05) is 13.8 Å². The quantitative estimate of drug-likeness (QED) is 0.576. The van der Waals surface area contributed by atoms with Crippen molar-refractivity contribution in [1.82, 2.24) is 4.57 Å². The Bertz CT molecular complexity index is 1200. The number of hydrogen-bond donors (Lipinski definition) is 1. The Morgan fingerprint density at radius 3 is 2.53 bits per heavy atom. The number of aryl methyl sites for hydroxylation is 1. The van der Waals surface area contributed by atoms with E-state index >= 15 is 0 Å². The van der Waals surface area contributed by atoms with E-state index in [0.29, 0.717) is 22.5 Å². The number of hydrogen-bond acceptors (Lipinski definition) is 4. The molecule has 0 bridgehead atoms. The van der Waals surface area contributed by atoms with Crippen molar-refractivity contribution in [3.05, 3.63) is 87.3 Å². The molecule has 3 aromatic rings. The summed E-state index contributed by atoms with van der Waals surface area (Å²) < 4.78 is 33.0. The predicted octanol–water partition coefficient (Wildman–Crippen LogP) is 5.32. The first kappa shape index (κ1) is 20.3. The molecule has 0 fully saturated rings. The molecule has 4 rings (SSSR count). The summed E-state index contributed by atoms with van der Waals surface area (Å²) in [7, 11) is 1.69. The van der Waals surface area contributed by atoms with Gasteiger partial charge >= 0.3 is 0 Å². The van der Waals surface area contributed by atoms with E-state index in [0.717, 1.165) is 22.4 Å². The van der Waals surface area contributed by atoms with Gasteiger partial charge in [0.15, 0.2) is 0 Å². The number of anilines is 1. The van der Waals surface area contributed by atoms with Gasteiger partial charge in [-0.3, -0.25) is 9.79 Å². The van der Waals surface area contributed by atoms with Crippen molar-refractivity contribution in [1.29, 1.82) is 0 Å². The van der Waals surface area contributed by atoms with Crippen molar-refractivity contribution < 1.29 is 8.78 Å². The van der Waals surface area contributed by atoms with Gasteiger partial charge in [0, 0.05) is 41.8 Å². The van der Waals surface area contributed by atoms with Crippen LogP contribution in [0.2, 0.25) is 0 Å². The molecular weight excluding hydrogens is 404 g/mol. The van der Waals surface area contributed by atoms with Gasteiger partial charge in [-0.25, -0.2) is 8.78 Å². The van der Waals surface area contributed by atoms with E-state index in [9.17, 15) is 13.6 Å². The molecule has 154 valence electrons. The third-order valence-corrected chi connectivity index (χ3v) is 5.78. The van der Waals surface area contributed by atoms with Gasteiger partial charge in [-0.15, -0.1) is 0 Å². The maximum Gasteiger partial charge on any atom is 0.250 e. The molecule has 0 saturated carbocycles. The summed E-state index contributed by atoms with van der Waals surface area (Å²) in [5, 5.41) is 0. The zero-order chi connectivity index (χ0) is 21.4. The number of nitrogens with one attached hydrogen (secondary N) is 1. The van der Waals surface area contributed by atoms with E-state index in [4.69, 9.17) is 4.99 Å². The van der Waals surface area contributed by atoms with Crippen molar-refractivity contribution in [3.63, 3.8) is 0 Å². The molecule has 2 heterocycles. The van der Waals surface area contributed by atoms with E-state index < -0.39 is 5.82 Å². The van der Waals surface area contributed by atoms with Crippen LogP contribution < -0.4 is 10.3 Å². The van der Waals surface area contributed by atoms with Gasteiger partial charge in [-0.2, -0.15) is 0 Å². The Morgan fingerprint density at radius 1 is 1.10 bits per heavy atom. The van der Waals surface area contributed by atoms with Gasteiger partial charge in [0.1, 0.15) is 11.6 Å². The highest BCUT2D eigenvalue weighted by Gasteiger charge is 2.25. The molecule has 0 amide bonds. The van der Waals surface area contributed by atoms with Crippen LogP contribution in [0.15, 0.2) is 58.4 Å². The normalized spacial score (nSPS) is 15.1. The minimum atomic E-state index is -0.398. The number of aliphatic imine (C=N–C) groups is 1. The van der Waals surface area contributed by atoms with Gasteiger partial charge in [-0.1, -0.05) is 18.9 Å². The van der Waals surface area contributed by atoms with Crippen molar-refractivity contribution in [2.75, 3.05) is 10.5 Å². The second kappa shape index (κ2) is 8.07. The number of halogens is 2. The minimum Gasteiger partial charge on any atom is -0.327 e. The number of rotatable bonds is 4. The molecule has 30 heavy (non-hydrogen) atoms. The third-order valence-electron chi connectivity index (χ3n) is 5.13. The highest BCUT2D eigenvalue weighted by Crippen LogP contribution is 2.39. The monoisotopic (exact) mass is 425 g/mol. The van der Waals surface area contributed by atoms with Crippen LogP contribution in [-0.4, -0.2) is 16.0 Å². The van der Waals surface area contributed by atoms with Gasteiger partial charge in [0.2, 0.25) is 0 Å². The van der Waals surface area contributed by atoms with Crippen LogP contribution in [0.4, 0.5) is 14.5 Å². The van der Waals surface area contributed by atoms with Crippen LogP contribution in [-0.2, 0) is 7.05 Å². The predicted molar refractivity (Wildman–Crippen MR) is 119 cm³/mol. The van der Waals surface area contributed by atoms with Gasteiger partial charge < -0.3 is 9.29 Å². The largest absolute Gasteiger partial charge is 0.327 e. The standard InChI is InChI=1S/C23H21F2N3OS/c1-4-30-27-21-10-17-18(9-20(21)25)23(14-5-7-15(24)8-6-14)26-13(2)16-11-22(29)28(3)12-19(16)17/h5-13,27H,4H2,1-3H3/t13-/m0/s1. The fourth-order valence-electron chi connectivity index (χ4n) is 3.61. The number of nitrogens with zero attached hydrogens (tertiary/aromatic N) is 2. The summed E-state index contributed by atoms with van der Waals surface area (Å²) in [6.07, 6.45) is 1.77. The molecule has 0 spiro atoms. The number of benzene rings is 2. The van der Waals surface area contributed by atoms with Crippen LogP contribution in [0, 0.1) is 11.6 Å². The fraction of sp³-hybridized carbons (Fsp3) is 0.217. The van der Waals surface area contributed by atoms with Crippen molar-refractivity contribution >= 4 is 23.3 Å². The summed E-state index contributed by atoms with van der Waals surface area (Å²) in [6.45, 7) is 3.88. The first-order valence-electron chi connectivity index (χ1n) is 9.65. The van der Waals surface area contributed by atoms with Crippen LogP contribution in [0.1, 0.15) is 36.6 Å². The molecule has 2 aromatic carbocycles. The summed E-state index contributed by atoms with van der Waals surface area (Å²) in [5.74, 6) is 0.0290. The molecule has 0 unspecified atom stereocenters. The van der Waals surface area contributed by atoms with Crippen LogP contribution >= 0.6 is 11.9 Å². The van der Waals surface area contributed by atoms with Crippen LogP contribution in [0.5, 0.6) is 0 Å². The van der Waals surface area contributed by atoms with Crippen molar-refractivity contribution in [2.45, 2.75) is 19.9 Å². The Kier molecular flexibility index (Phi) is 5.47. The second-order valence-electron chi connectivity index (χ2n) is 7.16. The number of aromatic nitrogens is 1. The van der Waals surface area contributed by atoms with Crippen LogP contribution in [0.3, 0.4) is 0 Å². The smallest absolute Gasteiger partial charge is 0.250 e. The van der Waals surface area contributed by atoms with Crippen molar-refractivity contribution in [3.8, 4) is 11.1 Å². The average Bonchev–Trinajstić information content (AvgIpc) is 2.83.